The van der Waals surface area contributed by atoms with Crippen LogP contribution in [0.4, 0.5) is 5.00 Å². The quantitative estimate of drug-likeness (QED) is 0.125. The van der Waals surface area contributed by atoms with E-state index in [0.29, 0.717) is 21.2 Å². The number of hydrogen-bond acceptors (Lipinski definition) is 8. The Labute approximate surface area is 238 Å². The molecule has 3 aromatic rings. The molecule has 1 aromatic heterocycles. The lowest BCUT2D eigenvalue weighted by Gasteiger charge is -2.12. The van der Waals surface area contributed by atoms with Gasteiger partial charge in [-0.2, -0.15) is 5.10 Å². The highest BCUT2D eigenvalue weighted by Gasteiger charge is 2.28. The maximum absolute atomic E-state index is 12.5. The molecule has 0 atom stereocenters. The Balaban J connectivity index is 1.34. The van der Waals surface area contributed by atoms with Crippen LogP contribution in [-0.2, 0) is 27.2 Å². The maximum atomic E-state index is 12.5. The molecule has 1 aliphatic rings. The van der Waals surface area contributed by atoms with Gasteiger partial charge in [-0.3, -0.25) is 9.59 Å². The Morgan fingerprint density at radius 3 is 2.46 bits per heavy atom. The third kappa shape index (κ3) is 7.03. The van der Waals surface area contributed by atoms with Gasteiger partial charge in [0, 0.05) is 9.90 Å². The van der Waals surface area contributed by atoms with Crippen molar-refractivity contribution in [1.82, 2.24) is 5.43 Å². The minimum atomic E-state index is -1.00. The molecule has 0 fully saturated rings. The van der Waals surface area contributed by atoms with Gasteiger partial charge in [0.25, 0.3) is 0 Å². The number of hydrazone groups is 1. The van der Waals surface area contributed by atoms with Gasteiger partial charge in [0.15, 0.2) is 0 Å². The minimum absolute atomic E-state index is 0.171. The number of nitrogens with zero attached hydrogens (tertiary/aromatic N) is 1. The van der Waals surface area contributed by atoms with Crippen LogP contribution in [0.5, 0.6) is 5.75 Å². The third-order valence-corrected chi connectivity index (χ3v) is 7.46. The highest BCUT2D eigenvalue weighted by Crippen LogP contribution is 2.38. The molecule has 9 nitrogen and oxygen atoms in total. The van der Waals surface area contributed by atoms with E-state index in [1.54, 1.807) is 19.1 Å². The number of nitrogens with one attached hydrogen (secondary N) is 2. The zero-order valence-electron chi connectivity index (χ0n) is 20.7. The molecule has 2 N–H and O–H groups in total. The Hall–Kier alpha value is -3.73. The number of carbonyl (C=O) groups is 4. The van der Waals surface area contributed by atoms with Gasteiger partial charge in [-0.05, 0) is 86.2 Å². The van der Waals surface area contributed by atoms with Crippen molar-refractivity contribution >= 4 is 69.5 Å². The van der Waals surface area contributed by atoms with Gasteiger partial charge in [0.2, 0.25) is 0 Å². The van der Waals surface area contributed by atoms with E-state index in [-0.39, 0.29) is 22.9 Å². The summed E-state index contributed by atoms with van der Waals surface area (Å²) in [4.78, 5) is 50.7. The SMILES string of the molecule is CCOC(=O)c1c(NC(=O)C(=O)N/N=C\c2ccc(OC(=O)c3ccc(Cl)cc3Cl)cc2)sc2c1CCCC2. The van der Waals surface area contributed by atoms with Crippen LogP contribution in [0, 0.1) is 0 Å². The molecular formula is C27H23Cl2N3O6S. The van der Waals surface area contributed by atoms with Crippen LogP contribution in [0.15, 0.2) is 47.6 Å². The second-order valence-electron chi connectivity index (χ2n) is 8.37. The van der Waals surface area contributed by atoms with E-state index in [0.717, 1.165) is 36.1 Å². The minimum Gasteiger partial charge on any atom is -0.462 e. The van der Waals surface area contributed by atoms with Crippen LogP contribution >= 0.6 is 34.5 Å². The number of rotatable bonds is 7. The molecule has 0 saturated carbocycles. The molecule has 1 heterocycles. The summed E-state index contributed by atoms with van der Waals surface area (Å²) in [5, 5.41) is 7.21. The zero-order valence-corrected chi connectivity index (χ0v) is 23.0. The molecule has 12 heteroatoms. The Morgan fingerprint density at radius 2 is 1.74 bits per heavy atom. The lowest BCUT2D eigenvalue weighted by molar-refractivity contribution is -0.136. The molecule has 2 aromatic carbocycles. The second kappa shape index (κ2) is 12.9. The fraction of sp³-hybridized carbons (Fsp3) is 0.222. The normalized spacial score (nSPS) is 12.5. The summed E-state index contributed by atoms with van der Waals surface area (Å²) in [5.41, 5.74) is 4.10. The van der Waals surface area contributed by atoms with Crippen molar-refractivity contribution in [3.63, 3.8) is 0 Å². The zero-order chi connectivity index (χ0) is 27.9. The van der Waals surface area contributed by atoms with Crippen molar-refractivity contribution in [3.05, 3.63) is 79.6 Å². The molecule has 0 aliphatic heterocycles. The molecule has 2 amide bonds. The van der Waals surface area contributed by atoms with Crippen molar-refractivity contribution in [2.45, 2.75) is 32.6 Å². The number of hydrogen-bond donors (Lipinski definition) is 2. The van der Waals surface area contributed by atoms with Gasteiger partial charge in [-0.25, -0.2) is 15.0 Å². The molecular weight excluding hydrogens is 565 g/mol. The molecule has 202 valence electrons. The molecule has 0 unspecified atom stereocenters. The van der Waals surface area contributed by atoms with Gasteiger partial charge in [-0.1, -0.05) is 23.2 Å². The van der Waals surface area contributed by atoms with Crippen LogP contribution < -0.4 is 15.5 Å². The highest BCUT2D eigenvalue weighted by atomic mass is 35.5. The van der Waals surface area contributed by atoms with Gasteiger partial charge in [0.1, 0.15) is 10.8 Å². The average Bonchev–Trinajstić information content (AvgIpc) is 3.27. The Bertz CT molecular complexity index is 1450. The fourth-order valence-corrected chi connectivity index (χ4v) is 5.65. The maximum Gasteiger partial charge on any atom is 0.345 e. The monoisotopic (exact) mass is 587 g/mol. The van der Waals surface area contributed by atoms with Crippen LogP contribution in [0.2, 0.25) is 10.0 Å². The molecule has 0 radical (unpaired) electrons. The summed E-state index contributed by atoms with van der Waals surface area (Å²) in [6.45, 7) is 1.91. The molecule has 4 rings (SSSR count). The topological polar surface area (TPSA) is 123 Å². The van der Waals surface area contributed by atoms with Gasteiger partial charge in [-0.15, -0.1) is 11.3 Å². The molecule has 39 heavy (non-hydrogen) atoms. The fourth-order valence-electron chi connectivity index (χ4n) is 3.89. The summed E-state index contributed by atoms with van der Waals surface area (Å²) in [5.74, 6) is -2.86. The van der Waals surface area contributed by atoms with Crippen LogP contribution in [-0.4, -0.2) is 36.6 Å². The lowest BCUT2D eigenvalue weighted by Crippen LogP contribution is -2.32. The van der Waals surface area contributed by atoms with Crippen LogP contribution in [0.3, 0.4) is 0 Å². The van der Waals surface area contributed by atoms with E-state index >= 15 is 0 Å². The number of benzene rings is 2. The summed E-state index contributed by atoms with van der Waals surface area (Å²) in [6, 6.07) is 10.7. The number of carbonyl (C=O) groups excluding carboxylic acids is 4. The number of amides is 2. The molecule has 0 saturated heterocycles. The van der Waals surface area contributed by atoms with E-state index in [1.807, 2.05) is 0 Å². The van der Waals surface area contributed by atoms with Crippen molar-refractivity contribution in [2.24, 2.45) is 5.10 Å². The first-order chi connectivity index (χ1) is 18.8. The average molecular weight is 588 g/mol. The van der Waals surface area contributed by atoms with Gasteiger partial charge >= 0.3 is 23.8 Å². The second-order valence-corrected chi connectivity index (χ2v) is 10.3. The summed E-state index contributed by atoms with van der Waals surface area (Å²) in [7, 11) is 0. The smallest absolute Gasteiger partial charge is 0.345 e. The van der Waals surface area contributed by atoms with E-state index in [1.165, 1.54) is 47.9 Å². The van der Waals surface area contributed by atoms with E-state index in [9.17, 15) is 19.2 Å². The van der Waals surface area contributed by atoms with Crippen molar-refractivity contribution in [1.29, 1.82) is 0 Å². The van der Waals surface area contributed by atoms with E-state index in [4.69, 9.17) is 32.7 Å². The lowest BCUT2D eigenvalue weighted by atomic mass is 9.95. The first-order valence-electron chi connectivity index (χ1n) is 12.0. The van der Waals surface area contributed by atoms with Gasteiger partial charge < -0.3 is 14.8 Å². The third-order valence-electron chi connectivity index (χ3n) is 5.71. The van der Waals surface area contributed by atoms with E-state index in [2.05, 4.69) is 15.8 Å². The van der Waals surface area contributed by atoms with Crippen LogP contribution in [0.25, 0.3) is 0 Å². The number of thiophene rings is 1. The standard InChI is InChI=1S/C27H23Cl2N3O6S/c1-2-37-27(36)22-19-5-3-4-6-21(19)39-25(22)31-23(33)24(34)32-30-14-15-7-10-17(11-8-15)38-26(35)18-12-9-16(28)13-20(18)29/h7-14H,2-6H2,1H3,(H,31,33)(H,32,34)/b30-14-. The first kappa shape index (κ1) is 28.3. The Kier molecular flexibility index (Phi) is 9.34. The van der Waals surface area contributed by atoms with Crippen molar-refractivity contribution in [3.8, 4) is 5.75 Å². The number of anilines is 1. The van der Waals surface area contributed by atoms with Crippen molar-refractivity contribution in [2.75, 3.05) is 11.9 Å². The Morgan fingerprint density at radius 1 is 1.00 bits per heavy atom. The summed E-state index contributed by atoms with van der Waals surface area (Å²) >= 11 is 13.2. The van der Waals surface area contributed by atoms with Crippen LogP contribution in [0.1, 0.15) is 56.5 Å². The molecule has 1 aliphatic carbocycles. The number of halogens is 2. The predicted molar refractivity (Wildman–Crippen MR) is 149 cm³/mol. The number of fused-ring (bicyclic) bond motifs is 1. The first-order valence-corrected chi connectivity index (χ1v) is 13.6. The van der Waals surface area contributed by atoms with Crippen molar-refractivity contribution < 1.29 is 28.7 Å². The predicted octanol–water partition coefficient (Wildman–Crippen LogP) is 5.42. The highest BCUT2D eigenvalue weighted by molar-refractivity contribution is 7.17. The molecule has 0 spiro atoms. The molecule has 0 bridgehead atoms. The number of aryl methyl sites for hydroxylation is 1. The summed E-state index contributed by atoms with van der Waals surface area (Å²) in [6.07, 6.45) is 4.79. The summed E-state index contributed by atoms with van der Waals surface area (Å²) < 4.78 is 10.5. The largest absolute Gasteiger partial charge is 0.462 e. The number of esters is 2. The van der Waals surface area contributed by atoms with Gasteiger partial charge in [0.05, 0.1) is 29.0 Å². The number of ether oxygens (including phenoxy) is 2. The van der Waals surface area contributed by atoms with E-state index < -0.39 is 23.8 Å².